The first-order chi connectivity index (χ1) is 10.8. The maximum atomic E-state index is 12.8. The second-order valence-electron chi connectivity index (χ2n) is 5.21. The largest absolute Gasteiger partial charge is 0.491 e. The topological polar surface area (TPSA) is 67.4 Å². The summed E-state index contributed by atoms with van der Waals surface area (Å²) in [6, 6.07) is 2.18. The zero-order valence-electron chi connectivity index (χ0n) is 12.5. The SMILES string of the molecule is CCCOc1ccc(C(F)(F)F)cc1NC(=O)C1CCC(=O)N1. The Kier molecular flexibility index (Phi) is 5.12. The average Bonchev–Trinajstić information content (AvgIpc) is 2.91. The van der Waals surface area contributed by atoms with Crippen LogP contribution in [0.2, 0.25) is 0 Å². The van der Waals surface area contributed by atoms with Crippen molar-refractivity contribution in [2.75, 3.05) is 11.9 Å². The van der Waals surface area contributed by atoms with Gasteiger partial charge in [0, 0.05) is 6.42 Å². The van der Waals surface area contributed by atoms with Gasteiger partial charge in [-0.2, -0.15) is 13.2 Å². The lowest BCUT2D eigenvalue weighted by Crippen LogP contribution is -2.37. The highest BCUT2D eigenvalue weighted by Gasteiger charge is 2.32. The van der Waals surface area contributed by atoms with E-state index in [-0.39, 0.29) is 23.8 Å². The predicted molar refractivity (Wildman–Crippen MR) is 77.0 cm³/mol. The summed E-state index contributed by atoms with van der Waals surface area (Å²) in [6.07, 6.45) is -3.31. The normalized spacial score (nSPS) is 17.7. The van der Waals surface area contributed by atoms with Crippen molar-refractivity contribution in [3.63, 3.8) is 0 Å². The van der Waals surface area contributed by atoms with Crippen molar-refractivity contribution in [2.45, 2.75) is 38.4 Å². The smallest absolute Gasteiger partial charge is 0.416 e. The molecule has 126 valence electrons. The van der Waals surface area contributed by atoms with Crippen LogP contribution in [-0.4, -0.2) is 24.5 Å². The number of amides is 2. The standard InChI is InChI=1S/C15H17F3N2O3/c1-2-7-23-12-5-3-9(15(16,17)18)8-11(12)20-14(22)10-4-6-13(21)19-10/h3,5,8,10H,2,4,6-7H2,1H3,(H,19,21)(H,20,22). The van der Waals surface area contributed by atoms with E-state index in [9.17, 15) is 22.8 Å². The molecule has 0 spiro atoms. The van der Waals surface area contributed by atoms with E-state index in [1.54, 1.807) is 0 Å². The summed E-state index contributed by atoms with van der Waals surface area (Å²) in [4.78, 5) is 23.2. The highest BCUT2D eigenvalue weighted by atomic mass is 19.4. The van der Waals surface area contributed by atoms with Gasteiger partial charge < -0.3 is 15.4 Å². The molecular formula is C15H17F3N2O3. The number of benzene rings is 1. The molecule has 8 heteroatoms. The van der Waals surface area contributed by atoms with Crippen LogP contribution in [0.4, 0.5) is 18.9 Å². The molecule has 0 radical (unpaired) electrons. The van der Waals surface area contributed by atoms with Gasteiger partial charge in [-0.05, 0) is 31.0 Å². The molecule has 1 aliphatic heterocycles. The molecule has 1 atom stereocenters. The van der Waals surface area contributed by atoms with E-state index in [1.807, 2.05) is 6.92 Å². The van der Waals surface area contributed by atoms with Crippen molar-refractivity contribution < 1.29 is 27.5 Å². The molecule has 0 bridgehead atoms. The Morgan fingerprint density at radius 2 is 2.17 bits per heavy atom. The van der Waals surface area contributed by atoms with E-state index < -0.39 is 23.7 Å². The van der Waals surface area contributed by atoms with Crippen LogP contribution in [0.1, 0.15) is 31.7 Å². The second-order valence-corrected chi connectivity index (χ2v) is 5.21. The van der Waals surface area contributed by atoms with Gasteiger partial charge >= 0.3 is 6.18 Å². The van der Waals surface area contributed by atoms with Crippen LogP contribution >= 0.6 is 0 Å². The van der Waals surface area contributed by atoms with Crippen LogP contribution in [0.5, 0.6) is 5.75 Å². The molecule has 1 aliphatic rings. The van der Waals surface area contributed by atoms with Crippen molar-refractivity contribution in [2.24, 2.45) is 0 Å². The summed E-state index contributed by atoms with van der Waals surface area (Å²) in [7, 11) is 0. The van der Waals surface area contributed by atoms with Gasteiger partial charge in [0.25, 0.3) is 0 Å². The fraction of sp³-hybridized carbons (Fsp3) is 0.467. The molecule has 2 amide bonds. The molecule has 0 aromatic heterocycles. The molecule has 5 nitrogen and oxygen atoms in total. The zero-order valence-corrected chi connectivity index (χ0v) is 12.5. The molecule has 1 heterocycles. The van der Waals surface area contributed by atoms with Gasteiger partial charge in [0.05, 0.1) is 17.9 Å². The number of halogens is 3. The lowest BCUT2D eigenvalue weighted by molar-refractivity contribution is -0.137. The van der Waals surface area contributed by atoms with E-state index in [1.165, 1.54) is 6.07 Å². The number of ether oxygens (including phenoxy) is 1. The Morgan fingerprint density at radius 1 is 1.43 bits per heavy atom. The molecule has 1 unspecified atom stereocenters. The van der Waals surface area contributed by atoms with Gasteiger partial charge in [0.1, 0.15) is 11.8 Å². The molecule has 1 aromatic carbocycles. The third-order valence-electron chi connectivity index (χ3n) is 3.34. The van der Waals surface area contributed by atoms with Crippen LogP contribution in [0.3, 0.4) is 0 Å². The number of nitrogens with one attached hydrogen (secondary N) is 2. The summed E-state index contributed by atoms with van der Waals surface area (Å²) in [6.45, 7) is 2.17. The first-order valence-electron chi connectivity index (χ1n) is 7.25. The summed E-state index contributed by atoms with van der Waals surface area (Å²) in [5.74, 6) is -0.648. The molecule has 23 heavy (non-hydrogen) atoms. The van der Waals surface area contributed by atoms with Gasteiger partial charge in [-0.25, -0.2) is 0 Å². The van der Waals surface area contributed by atoms with Crippen molar-refractivity contribution >= 4 is 17.5 Å². The van der Waals surface area contributed by atoms with E-state index in [4.69, 9.17) is 4.74 Å². The number of hydrogen-bond donors (Lipinski definition) is 2. The van der Waals surface area contributed by atoms with E-state index in [0.717, 1.165) is 12.1 Å². The van der Waals surface area contributed by atoms with Gasteiger partial charge in [-0.3, -0.25) is 9.59 Å². The maximum absolute atomic E-state index is 12.8. The number of hydrogen-bond acceptors (Lipinski definition) is 3. The minimum absolute atomic E-state index is 0.0561. The van der Waals surface area contributed by atoms with Crippen molar-refractivity contribution in [1.82, 2.24) is 5.32 Å². The van der Waals surface area contributed by atoms with Crippen LogP contribution in [-0.2, 0) is 15.8 Å². The van der Waals surface area contributed by atoms with Gasteiger partial charge in [-0.1, -0.05) is 6.92 Å². The van der Waals surface area contributed by atoms with Crippen LogP contribution in [0.25, 0.3) is 0 Å². The third kappa shape index (κ3) is 4.37. The second kappa shape index (κ2) is 6.89. The zero-order chi connectivity index (χ0) is 17.0. The number of rotatable bonds is 5. The maximum Gasteiger partial charge on any atom is 0.416 e. The minimum Gasteiger partial charge on any atom is -0.491 e. The fourth-order valence-corrected chi connectivity index (χ4v) is 2.17. The Labute approximate surface area is 131 Å². The molecule has 1 aromatic rings. The number of carbonyl (C=O) groups excluding carboxylic acids is 2. The highest BCUT2D eigenvalue weighted by molar-refractivity contribution is 5.99. The summed E-state index contributed by atoms with van der Waals surface area (Å²) in [5.41, 5.74) is -0.938. The molecule has 1 fully saturated rings. The van der Waals surface area contributed by atoms with Gasteiger partial charge in [0.2, 0.25) is 11.8 Å². The molecule has 1 saturated heterocycles. The predicted octanol–water partition coefficient (Wildman–Crippen LogP) is 2.71. The number of alkyl halides is 3. The fourth-order valence-electron chi connectivity index (χ4n) is 2.17. The van der Waals surface area contributed by atoms with Crippen LogP contribution in [0.15, 0.2) is 18.2 Å². The van der Waals surface area contributed by atoms with Crippen molar-refractivity contribution in [3.8, 4) is 5.75 Å². The van der Waals surface area contributed by atoms with Gasteiger partial charge in [-0.15, -0.1) is 0 Å². The minimum atomic E-state index is -4.52. The molecule has 2 N–H and O–H groups in total. The average molecular weight is 330 g/mol. The van der Waals surface area contributed by atoms with E-state index in [2.05, 4.69) is 10.6 Å². The van der Waals surface area contributed by atoms with Gasteiger partial charge in [0.15, 0.2) is 0 Å². The Balaban J connectivity index is 2.22. The van der Waals surface area contributed by atoms with E-state index >= 15 is 0 Å². The third-order valence-corrected chi connectivity index (χ3v) is 3.34. The summed E-state index contributed by atoms with van der Waals surface area (Å²) < 4.78 is 43.9. The number of carbonyl (C=O) groups is 2. The number of anilines is 1. The van der Waals surface area contributed by atoms with Crippen LogP contribution < -0.4 is 15.4 Å². The lowest BCUT2D eigenvalue weighted by atomic mass is 10.1. The Bertz CT molecular complexity index is 602. The molecule has 0 saturated carbocycles. The molecule has 0 aliphatic carbocycles. The molecule has 2 rings (SSSR count). The lowest BCUT2D eigenvalue weighted by Gasteiger charge is -2.17. The first-order valence-corrected chi connectivity index (χ1v) is 7.25. The molecular weight excluding hydrogens is 313 g/mol. The van der Waals surface area contributed by atoms with Crippen molar-refractivity contribution in [3.05, 3.63) is 23.8 Å². The summed E-state index contributed by atoms with van der Waals surface area (Å²) in [5, 5.41) is 4.88. The monoisotopic (exact) mass is 330 g/mol. The Morgan fingerprint density at radius 3 is 2.74 bits per heavy atom. The highest BCUT2D eigenvalue weighted by Crippen LogP contribution is 2.35. The quantitative estimate of drug-likeness (QED) is 0.872. The van der Waals surface area contributed by atoms with Crippen molar-refractivity contribution in [1.29, 1.82) is 0 Å². The van der Waals surface area contributed by atoms with E-state index in [0.29, 0.717) is 19.4 Å². The van der Waals surface area contributed by atoms with Crippen LogP contribution in [0, 0.1) is 0 Å². The summed E-state index contributed by atoms with van der Waals surface area (Å²) >= 11 is 0. The Hall–Kier alpha value is -2.25. The first kappa shape index (κ1) is 17.1.